The van der Waals surface area contributed by atoms with Gasteiger partial charge in [0.2, 0.25) is 5.95 Å². The largest absolute Gasteiger partial charge is 0.547 e. The van der Waals surface area contributed by atoms with Crippen LogP contribution in [0.1, 0.15) is 32.1 Å². The molecular weight excluding hydrogens is 539 g/mol. The first-order valence-electron chi connectivity index (χ1n) is 13.1. The van der Waals surface area contributed by atoms with Crippen LogP contribution in [0.15, 0.2) is 35.3 Å². The van der Waals surface area contributed by atoms with Gasteiger partial charge in [0.1, 0.15) is 16.7 Å². The van der Waals surface area contributed by atoms with Crippen LogP contribution in [0.4, 0.5) is 23.1 Å². The van der Waals surface area contributed by atoms with E-state index in [1.165, 1.54) is 6.20 Å². The molecule has 2 aliphatic rings. The fourth-order valence-electron chi connectivity index (χ4n) is 4.93. The molecule has 14 nitrogen and oxygen atoms in total. The monoisotopic (exact) mass is 570 g/mol. The number of rotatable bonds is 8. The number of aliphatic hydroxyl groups excluding tert-OH is 1. The van der Waals surface area contributed by atoms with Crippen LogP contribution in [-0.4, -0.2) is 69.3 Å². The Balaban J connectivity index is 1.48. The highest BCUT2D eigenvalue weighted by molar-refractivity contribution is 7.47. The highest BCUT2D eigenvalue weighted by atomic mass is 31.2. The molecule has 2 aromatic heterocycles. The minimum Gasteiger partial charge on any atom is -0.393 e. The molecule has 4 heterocycles. The molecule has 1 aromatic carbocycles. The average Bonchev–Trinajstić information content (AvgIpc) is 2.96. The molecule has 3 aromatic rings. The predicted molar refractivity (Wildman–Crippen MR) is 147 cm³/mol. The molecule has 2 fully saturated rings. The van der Waals surface area contributed by atoms with Gasteiger partial charge in [0.25, 0.3) is 0 Å². The Morgan fingerprint density at radius 2 is 1.77 bits per heavy atom. The summed E-state index contributed by atoms with van der Waals surface area (Å²) in [6, 6.07) is 9.87. The van der Waals surface area contributed by atoms with Crippen LogP contribution in [0.25, 0.3) is 10.9 Å². The van der Waals surface area contributed by atoms with E-state index in [1.54, 1.807) is 0 Å². The van der Waals surface area contributed by atoms with Gasteiger partial charge in [-0.3, -0.25) is 18.8 Å². The summed E-state index contributed by atoms with van der Waals surface area (Å²) in [6.45, 7) is 2.85. The summed E-state index contributed by atoms with van der Waals surface area (Å²) in [4.78, 5) is 36.9. The van der Waals surface area contributed by atoms with Crippen molar-refractivity contribution in [1.29, 1.82) is 5.26 Å². The van der Waals surface area contributed by atoms with Gasteiger partial charge in [0, 0.05) is 51.1 Å². The van der Waals surface area contributed by atoms with E-state index in [0.717, 1.165) is 51.6 Å². The van der Waals surface area contributed by atoms with E-state index < -0.39 is 13.4 Å². The number of aliphatic hydroxyl groups is 1. The van der Waals surface area contributed by atoms with Crippen LogP contribution < -0.4 is 25.3 Å². The van der Waals surface area contributed by atoms with E-state index in [1.807, 2.05) is 29.2 Å². The number of phosphoric acid groups is 1. The molecule has 15 heteroatoms. The minimum absolute atomic E-state index is 0.0170. The zero-order valence-electron chi connectivity index (χ0n) is 22.0. The van der Waals surface area contributed by atoms with Crippen molar-refractivity contribution in [2.45, 2.75) is 38.2 Å². The maximum atomic E-state index is 13.3. The Kier molecular flexibility index (Phi) is 8.18. The second-order valence-corrected chi connectivity index (χ2v) is 11.3. The number of nitriles is 1. The van der Waals surface area contributed by atoms with Crippen LogP contribution in [0.2, 0.25) is 0 Å². The summed E-state index contributed by atoms with van der Waals surface area (Å²) < 4.78 is 21.2. The van der Waals surface area contributed by atoms with Crippen molar-refractivity contribution < 1.29 is 23.7 Å². The Bertz CT molecular complexity index is 1490. The topological polar surface area (TPSA) is 179 Å². The second-order valence-electron chi connectivity index (χ2n) is 9.87. The fourth-order valence-corrected chi connectivity index (χ4v) is 5.31. The minimum atomic E-state index is -4.56. The van der Waals surface area contributed by atoms with Crippen molar-refractivity contribution >= 4 is 41.9 Å². The number of hydrogen-bond donors (Lipinski definition) is 3. The normalized spacial score (nSPS) is 18.4. The molecule has 0 aliphatic carbocycles. The molecule has 2 saturated heterocycles. The maximum Gasteiger partial charge on any atom is 0.547 e. The number of nitrogens with one attached hydrogen (secondary N) is 1. The van der Waals surface area contributed by atoms with Gasteiger partial charge in [-0.2, -0.15) is 10.2 Å². The smallest absolute Gasteiger partial charge is 0.393 e. The molecule has 40 heavy (non-hydrogen) atoms. The van der Waals surface area contributed by atoms with E-state index in [9.17, 15) is 19.4 Å². The first-order valence-corrected chi connectivity index (χ1v) is 14.6. The standard InChI is InChI=1S/C25H31N8O6P/c1-38-40(36,37)39-33-24(35)22-21(16-27-33)29-25(32-12-7-17(6-11-26)8-13-32)30-23(22)28-18-2-4-19(5-3-18)31-14-9-20(34)10-15-31/h2-5,16-17,20,34H,6-10,12-15H2,1H3,(H,36,37)(H,28,29,30). The highest BCUT2D eigenvalue weighted by Crippen LogP contribution is 2.37. The summed E-state index contributed by atoms with van der Waals surface area (Å²) in [6.07, 6.45) is 4.59. The zero-order chi connectivity index (χ0) is 28.3. The van der Waals surface area contributed by atoms with Gasteiger partial charge in [-0.05, 0) is 60.7 Å². The number of anilines is 4. The van der Waals surface area contributed by atoms with Gasteiger partial charge < -0.3 is 20.2 Å². The average molecular weight is 571 g/mol. The van der Waals surface area contributed by atoms with Crippen LogP contribution in [-0.2, 0) is 9.09 Å². The van der Waals surface area contributed by atoms with Gasteiger partial charge in [-0.25, -0.2) is 9.55 Å². The van der Waals surface area contributed by atoms with Crippen molar-refractivity contribution in [3.63, 3.8) is 0 Å². The highest BCUT2D eigenvalue weighted by Gasteiger charge is 2.26. The third kappa shape index (κ3) is 6.18. The van der Waals surface area contributed by atoms with Gasteiger partial charge >= 0.3 is 13.4 Å². The summed E-state index contributed by atoms with van der Waals surface area (Å²) in [5, 5.41) is 25.9. The molecule has 0 saturated carbocycles. The lowest BCUT2D eigenvalue weighted by Crippen LogP contribution is -2.35. The lowest BCUT2D eigenvalue weighted by atomic mass is 9.94. The first kappa shape index (κ1) is 27.8. The molecular formula is C25H31N8O6P. The number of benzene rings is 1. The van der Waals surface area contributed by atoms with E-state index in [0.29, 0.717) is 41.9 Å². The van der Waals surface area contributed by atoms with Gasteiger partial charge in [0.05, 0.1) is 18.4 Å². The maximum absolute atomic E-state index is 13.3. The lowest BCUT2D eigenvalue weighted by molar-refractivity contribution is 0.131. The third-order valence-electron chi connectivity index (χ3n) is 7.25. The van der Waals surface area contributed by atoms with Crippen molar-refractivity contribution in [3.8, 4) is 6.07 Å². The van der Waals surface area contributed by atoms with Crippen molar-refractivity contribution in [2.24, 2.45) is 5.92 Å². The second kappa shape index (κ2) is 11.8. The lowest BCUT2D eigenvalue weighted by Gasteiger charge is -2.31. The zero-order valence-corrected chi connectivity index (χ0v) is 22.9. The molecule has 0 amide bonds. The molecule has 0 bridgehead atoms. The van der Waals surface area contributed by atoms with Crippen molar-refractivity contribution in [1.82, 2.24) is 19.9 Å². The number of nitrogens with zero attached hydrogens (tertiary/aromatic N) is 7. The van der Waals surface area contributed by atoms with Gasteiger partial charge in [-0.1, -0.05) is 0 Å². The number of fused-ring (bicyclic) bond motifs is 1. The van der Waals surface area contributed by atoms with Crippen LogP contribution in [0.5, 0.6) is 0 Å². The Morgan fingerprint density at radius 3 is 2.42 bits per heavy atom. The van der Waals surface area contributed by atoms with E-state index >= 15 is 0 Å². The fraction of sp³-hybridized carbons (Fsp3) is 0.480. The SMILES string of the molecule is COP(=O)(O)On1ncc2nc(N3CCC(CC#N)CC3)nc(Nc3ccc(N4CCC(O)CC4)cc3)c2c1=O. The molecule has 3 N–H and O–H groups in total. The Morgan fingerprint density at radius 1 is 1.10 bits per heavy atom. The summed E-state index contributed by atoms with van der Waals surface area (Å²) >= 11 is 0. The molecule has 212 valence electrons. The van der Waals surface area contributed by atoms with Crippen LogP contribution in [0.3, 0.4) is 0 Å². The summed E-state index contributed by atoms with van der Waals surface area (Å²) in [5.41, 5.74) is 1.07. The number of aromatic nitrogens is 4. The number of piperidine rings is 2. The first-order chi connectivity index (χ1) is 19.3. The quantitative estimate of drug-likeness (QED) is 0.336. The van der Waals surface area contributed by atoms with Crippen molar-refractivity contribution in [3.05, 3.63) is 40.8 Å². The molecule has 1 atom stereocenters. The molecule has 0 spiro atoms. The van der Waals surface area contributed by atoms with Crippen molar-refractivity contribution in [2.75, 3.05) is 48.4 Å². The summed E-state index contributed by atoms with van der Waals surface area (Å²) in [5.74, 6) is 0.906. The van der Waals surface area contributed by atoms with Gasteiger partial charge in [0.15, 0.2) is 0 Å². The van der Waals surface area contributed by atoms with E-state index in [-0.39, 0.29) is 22.8 Å². The molecule has 0 radical (unpaired) electrons. The molecule has 2 aliphatic heterocycles. The molecule has 5 rings (SSSR count). The Labute approximate surface area is 230 Å². The number of phosphoric ester groups is 1. The van der Waals surface area contributed by atoms with E-state index in [4.69, 9.17) is 9.89 Å². The third-order valence-corrected chi connectivity index (χ3v) is 8.07. The van der Waals surface area contributed by atoms with E-state index in [2.05, 4.69) is 35.9 Å². The van der Waals surface area contributed by atoms with Gasteiger partial charge in [-0.15, -0.1) is 5.10 Å². The predicted octanol–water partition coefficient (Wildman–Crippen LogP) is 2.20. The number of hydrogen-bond acceptors (Lipinski definition) is 12. The van der Waals surface area contributed by atoms with Crippen LogP contribution in [0, 0.1) is 17.2 Å². The Hall–Kier alpha value is -3.76. The van der Waals surface area contributed by atoms with Crippen LogP contribution >= 0.6 is 7.82 Å². The summed E-state index contributed by atoms with van der Waals surface area (Å²) in [7, 11) is -3.58. The molecule has 1 unspecified atom stereocenters.